The molecule has 0 saturated heterocycles. The molecule has 0 aromatic heterocycles. The summed E-state index contributed by atoms with van der Waals surface area (Å²) in [5.41, 5.74) is 2.62. The first-order valence-electron chi connectivity index (χ1n) is 6.44. The molecule has 1 aromatic rings. The number of hydrogen-bond donors (Lipinski definition) is 1. The number of carbonyl (C=O) groups is 2. The number of aryl methyl sites for hydroxylation is 2. The van der Waals surface area contributed by atoms with Gasteiger partial charge in [0.2, 0.25) is 0 Å². The molecule has 19 heavy (non-hydrogen) atoms. The number of carbonyl (C=O) groups excluding carboxylic acids is 2. The Balaban J connectivity index is 0.000000191. The van der Waals surface area contributed by atoms with Crippen molar-refractivity contribution in [3.63, 3.8) is 0 Å². The number of rotatable bonds is 0. The SMILES string of the molecule is CC=C1C(=O)CCCC1=O.Cc1cc(C)cc(O)c1. The molecule has 0 spiro atoms. The molecule has 102 valence electrons. The highest BCUT2D eigenvalue weighted by atomic mass is 16.3. The number of ketones is 2. The predicted molar refractivity (Wildman–Crippen MR) is 75.2 cm³/mol. The Hall–Kier alpha value is -1.90. The highest BCUT2D eigenvalue weighted by Crippen LogP contribution is 2.15. The molecule has 0 atom stereocenters. The largest absolute Gasteiger partial charge is 0.508 e. The van der Waals surface area contributed by atoms with E-state index in [0.717, 1.165) is 17.5 Å². The lowest BCUT2D eigenvalue weighted by atomic mass is 9.92. The number of phenolic OH excluding ortho intramolecular Hbond substituents is 1. The molecule has 0 bridgehead atoms. The quantitative estimate of drug-likeness (QED) is 0.575. The van der Waals surface area contributed by atoms with Crippen molar-refractivity contribution in [1.29, 1.82) is 0 Å². The highest BCUT2D eigenvalue weighted by Gasteiger charge is 2.21. The smallest absolute Gasteiger partial charge is 0.166 e. The van der Waals surface area contributed by atoms with Crippen molar-refractivity contribution in [2.45, 2.75) is 40.0 Å². The van der Waals surface area contributed by atoms with Gasteiger partial charge in [-0.15, -0.1) is 0 Å². The van der Waals surface area contributed by atoms with Gasteiger partial charge in [-0.3, -0.25) is 9.59 Å². The van der Waals surface area contributed by atoms with Crippen molar-refractivity contribution in [1.82, 2.24) is 0 Å². The van der Waals surface area contributed by atoms with Gasteiger partial charge in [0.1, 0.15) is 5.75 Å². The molecular weight excluding hydrogens is 240 g/mol. The number of hydrogen-bond acceptors (Lipinski definition) is 3. The van der Waals surface area contributed by atoms with Crippen molar-refractivity contribution in [3.8, 4) is 5.75 Å². The van der Waals surface area contributed by atoms with Crippen LogP contribution in [0.3, 0.4) is 0 Å². The number of aromatic hydroxyl groups is 1. The average Bonchev–Trinajstić information content (AvgIpc) is 2.28. The van der Waals surface area contributed by atoms with E-state index in [1.807, 2.05) is 19.9 Å². The molecule has 0 amide bonds. The Labute approximate surface area is 114 Å². The maximum absolute atomic E-state index is 10.9. The van der Waals surface area contributed by atoms with E-state index < -0.39 is 0 Å². The fraction of sp³-hybridized carbons (Fsp3) is 0.375. The third-order valence-electron chi connectivity index (χ3n) is 2.90. The number of allylic oxidation sites excluding steroid dienone is 2. The second-order valence-electron chi connectivity index (χ2n) is 4.75. The van der Waals surface area contributed by atoms with E-state index in [2.05, 4.69) is 0 Å². The van der Waals surface area contributed by atoms with Crippen LogP contribution in [-0.4, -0.2) is 16.7 Å². The summed E-state index contributed by atoms with van der Waals surface area (Å²) in [7, 11) is 0. The zero-order chi connectivity index (χ0) is 14.4. The summed E-state index contributed by atoms with van der Waals surface area (Å²) in [5.74, 6) is 0.380. The van der Waals surface area contributed by atoms with Crippen LogP contribution >= 0.6 is 0 Å². The van der Waals surface area contributed by atoms with E-state index in [1.54, 1.807) is 25.1 Å². The number of phenols is 1. The molecule has 0 unspecified atom stereocenters. The summed E-state index contributed by atoms with van der Waals surface area (Å²) < 4.78 is 0. The molecule has 1 aliphatic rings. The Kier molecular flexibility index (Phi) is 5.49. The van der Waals surface area contributed by atoms with E-state index in [0.29, 0.717) is 24.2 Å². The summed E-state index contributed by atoms with van der Waals surface area (Å²) >= 11 is 0. The van der Waals surface area contributed by atoms with Crippen LogP contribution in [0.25, 0.3) is 0 Å². The predicted octanol–water partition coefficient (Wildman–Crippen LogP) is 3.26. The maximum Gasteiger partial charge on any atom is 0.166 e. The van der Waals surface area contributed by atoms with Crippen molar-refractivity contribution in [2.24, 2.45) is 0 Å². The van der Waals surface area contributed by atoms with Gasteiger partial charge in [0, 0.05) is 12.8 Å². The minimum Gasteiger partial charge on any atom is -0.508 e. The van der Waals surface area contributed by atoms with Gasteiger partial charge >= 0.3 is 0 Å². The van der Waals surface area contributed by atoms with Gasteiger partial charge in [-0.1, -0.05) is 12.1 Å². The van der Waals surface area contributed by atoms with Crippen LogP contribution in [0.1, 0.15) is 37.3 Å². The molecular formula is C16H20O3. The van der Waals surface area contributed by atoms with Crippen molar-refractivity contribution in [3.05, 3.63) is 41.0 Å². The fourth-order valence-corrected chi connectivity index (χ4v) is 2.11. The van der Waals surface area contributed by atoms with Crippen LogP contribution in [-0.2, 0) is 9.59 Å². The zero-order valence-corrected chi connectivity index (χ0v) is 11.7. The molecule has 1 saturated carbocycles. The van der Waals surface area contributed by atoms with Crippen LogP contribution in [0, 0.1) is 13.8 Å². The third kappa shape index (κ3) is 4.70. The minimum atomic E-state index is 0.0127. The first-order chi connectivity index (χ1) is 8.93. The summed E-state index contributed by atoms with van der Waals surface area (Å²) in [5, 5.41) is 8.99. The van der Waals surface area contributed by atoms with Crippen LogP contribution in [0.5, 0.6) is 5.75 Å². The van der Waals surface area contributed by atoms with Crippen molar-refractivity contribution in [2.75, 3.05) is 0 Å². The van der Waals surface area contributed by atoms with E-state index in [9.17, 15) is 9.59 Å². The molecule has 1 aromatic carbocycles. The first kappa shape index (κ1) is 15.2. The Bertz CT molecular complexity index is 444. The van der Waals surface area contributed by atoms with Gasteiger partial charge in [0.05, 0.1) is 5.57 Å². The van der Waals surface area contributed by atoms with Gasteiger partial charge in [0.15, 0.2) is 11.6 Å². The Morgan fingerprint density at radius 3 is 1.79 bits per heavy atom. The molecule has 1 aliphatic carbocycles. The topological polar surface area (TPSA) is 54.4 Å². The second-order valence-corrected chi connectivity index (χ2v) is 4.75. The first-order valence-corrected chi connectivity index (χ1v) is 6.44. The van der Waals surface area contributed by atoms with Crippen LogP contribution in [0.4, 0.5) is 0 Å². The number of Topliss-reactive ketones (excluding diaryl/α,β-unsaturated/α-hetero) is 2. The summed E-state index contributed by atoms with van der Waals surface area (Å²) in [6.45, 7) is 5.66. The van der Waals surface area contributed by atoms with Crippen LogP contribution in [0.15, 0.2) is 29.8 Å². The van der Waals surface area contributed by atoms with E-state index in [1.165, 1.54) is 0 Å². The second kappa shape index (κ2) is 6.88. The highest BCUT2D eigenvalue weighted by molar-refractivity contribution is 6.21. The molecule has 0 heterocycles. The Morgan fingerprint density at radius 2 is 1.47 bits per heavy atom. The molecule has 0 radical (unpaired) electrons. The fourth-order valence-electron chi connectivity index (χ4n) is 2.11. The van der Waals surface area contributed by atoms with Crippen molar-refractivity contribution < 1.29 is 14.7 Å². The molecule has 1 N–H and O–H groups in total. The maximum atomic E-state index is 10.9. The lowest BCUT2D eigenvalue weighted by Gasteiger charge is -2.09. The van der Waals surface area contributed by atoms with Crippen LogP contribution in [0.2, 0.25) is 0 Å². The lowest BCUT2D eigenvalue weighted by molar-refractivity contribution is -0.123. The van der Waals surface area contributed by atoms with Gasteiger partial charge < -0.3 is 5.11 Å². The average molecular weight is 260 g/mol. The van der Waals surface area contributed by atoms with Crippen LogP contribution < -0.4 is 0 Å². The van der Waals surface area contributed by atoms with Crippen molar-refractivity contribution >= 4 is 11.6 Å². The van der Waals surface area contributed by atoms with Gasteiger partial charge in [-0.05, 0) is 50.5 Å². The standard InChI is InChI=1S/C8H10O2.C8H10O/c1-2-6-7(9)4-3-5-8(6)10;1-6-3-7(2)5-8(9)4-6/h2H,3-5H2,1H3;3-5,9H,1-2H3. The zero-order valence-electron chi connectivity index (χ0n) is 11.7. The van der Waals surface area contributed by atoms with E-state index in [-0.39, 0.29) is 11.6 Å². The van der Waals surface area contributed by atoms with Gasteiger partial charge in [-0.2, -0.15) is 0 Å². The Morgan fingerprint density at radius 1 is 1.00 bits per heavy atom. The summed E-state index contributed by atoms with van der Waals surface area (Å²) in [4.78, 5) is 21.9. The van der Waals surface area contributed by atoms with E-state index in [4.69, 9.17) is 5.11 Å². The molecule has 3 heteroatoms. The molecule has 2 rings (SSSR count). The van der Waals surface area contributed by atoms with E-state index >= 15 is 0 Å². The third-order valence-corrected chi connectivity index (χ3v) is 2.90. The minimum absolute atomic E-state index is 0.0127. The molecule has 1 fully saturated rings. The summed E-state index contributed by atoms with van der Waals surface area (Å²) in [6, 6.07) is 5.51. The molecule has 0 aliphatic heterocycles. The monoisotopic (exact) mass is 260 g/mol. The number of benzene rings is 1. The molecule has 3 nitrogen and oxygen atoms in total. The van der Waals surface area contributed by atoms with Gasteiger partial charge in [0.25, 0.3) is 0 Å². The van der Waals surface area contributed by atoms with Gasteiger partial charge in [-0.25, -0.2) is 0 Å². The lowest BCUT2D eigenvalue weighted by Crippen LogP contribution is -2.18. The normalized spacial score (nSPS) is 14.8. The summed E-state index contributed by atoms with van der Waals surface area (Å²) in [6.07, 6.45) is 3.44.